The van der Waals surface area contributed by atoms with E-state index in [0.717, 1.165) is 16.6 Å². The molecule has 0 saturated heterocycles. The Labute approximate surface area is 117 Å². The Morgan fingerprint density at radius 1 is 1.33 bits per heavy atom. The van der Waals surface area contributed by atoms with E-state index in [4.69, 9.17) is 0 Å². The fourth-order valence-electron chi connectivity index (χ4n) is 1.75. The molecule has 1 N–H and O–H groups in total. The average molecular weight is 278 g/mol. The second-order valence-corrected chi connectivity index (χ2v) is 6.29. The molecule has 0 bridgehead atoms. The van der Waals surface area contributed by atoms with Crippen molar-refractivity contribution in [3.8, 4) is 0 Å². The summed E-state index contributed by atoms with van der Waals surface area (Å²) in [5, 5.41) is 5.56. The monoisotopic (exact) mass is 278 g/mol. The van der Waals surface area contributed by atoms with Crippen LogP contribution in [-0.4, -0.2) is 17.3 Å². The van der Waals surface area contributed by atoms with Crippen LogP contribution in [0.1, 0.15) is 24.1 Å². The van der Waals surface area contributed by atoms with Crippen LogP contribution in [0, 0.1) is 6.92 Å². The molecule has 96 valence electrons. The van der Waals surface area contributed by atoms with Crippen molar-refractivity contribution in [2.24, 2.45) is 0 Å². The first kappa shape index (κ1) is 13.6. The fraction of sp³-hybridized carbons (Fsp3) is 0.357. The Balaban J connectivity index is 2.01. The van der Waals surface area contributed by atoms with E-state index in [2.05, 4.69) is 48.4 Å². The predicted molar refractivity (Wildman–Crippen MR) is 80.4 cm³/mol. The highest BCUT2D eigenvalue weighted by Gasteiger charge is 2.11. The number of nitrogens with zero attached hydrogens (tertiary/aromatic N) is 1. The number of aryl methyl sites for hydroxylation is 1. The van der Waals surface area contributed by atoms with Gasteiger partial charge in [-0.05, 0) is 19.0 Å². The molecular formula is C14H18N2S2. The third-order valence-corrected chi connectivity index (χ3v) is 4.77. The normalized spacial score (nSPS) is 12.6. The number of benzene rings is 1. The topological polar surface area (TPSA) is 24.9 Å². The molecule has 1 heterocycles. The van der Waals surface area contributed by atoms with Crippen LogP contribution in [0.15, 0.2) is 40.2 Å². The van der Waals surface area contributed by atoms with Gasteiger partial charge in [-0.25, -0.2) is 4.98 Å². The summed E-state index contributed by atoms with van der Waals surface area (Å²) in [6.07, 6.45) is 1.86. The van der Waals surface area contributed by atoms with Gasteiger partial charge in [-0.15, -0.1) is 11.3 Å². The van der Waals surface area contributed by atoms with Gasteiger partial charge in [-0.3, -0.25) is 0 Å². The maximum Gasteiger partial charge on any atom is 0.149 e. The minimum Gasteiger partial charge on any atom is -0.309 e. The maximum absolute atomic E-state index is 4.31. The molecule has 1 aromatic carbocycles. The lowest BCUT2D eigenvalue weighted by Gasteiger charge is -2.17. The smallest absolute Gasteiger partial charge is 0.149 e. The van der Waals surface area contributed by atoms with Gasteiger partial charge >= 0.3 is 0 Å². The van der Waals surface area contributed by atoms with Gasteiger partial charge in [-0.1, -0.05) is 48.5 Å². The molecule has 0 aliphatic heterocycles. The van der Waals surface area contributed by atoms with E-state index >= 15 is 0 Å². The number of thioether (sulfide) groups is 1. The number of thiazole rings is 1. The Morgan fingerprint density at radius 2 is 2.11 bits per heavy atom. The van der Waals surface area contributed by atoms with Crippen molar-refractivity contribution in [3.05, 3.63) is 47.0 Å². The molecule has 2 rings (SSSR count). The zero-order valence-electron chi connectivity index (χ0n) is 10.7. The summed E-state index contributed by atoms with van der Waals surface area (Å²) in [6, 6.07) is 9.17. The summed E-state index contributed by atoms with van der Waals surface area (Å²) < 4.78 is 1.14. The Kier molecular flexibility index (Phi) is 5.23. The number of hydrogen-bond donors (Lipinski definition) is 1. The summed E-state index contributed by atoms with van der Waals surface area (Å²) in [6.45, 7) is 5.25. The molecule has 0 saturated carbocycles. The van der Waals surface area contributed by atoms with Crippen molar-refractivity contribution in [1.82, 2.24) is 10.3 Å². The lowest BCUT2D eigenvalue weighted by atomic mass is 10.1. The number of rotatable bonds is 6. The van der Waals surface area contributed by atoms with Crippen LogP contribution in [0.2, 0.25) is 0 Å². The molecule has 0 aliphatic rings. The summed E-state index contributed by atoms with van der Waals surface area (Å²) in [5.74, 6) is 1.02. The largest absolute Gasteiger partial charge is 0.309 e. The molecular weight excluding hydrogens is 260 g/mol. The van der Waals surface area contributed by atoms with Crippen LogP contribution in [0.3, 0.4) is 0 Å². The molecule has 1 atom stereocenters. The van der Waals surface area contributed by atoms with Gasteiger partial charge in [0.2, 0.25) is 0 Å². The van der Waals surface area contributed by atoms with Crippen LogP contribution < -0.4 is 5.32 Å². The van der Waals surface area contributed by atoms with Crippen LogP contribution >= 0.6 is 23.1 Å². The molecule has 2 aromatic rings. The van der Waals surface area contributed by atoms with E-state index < -0.39 is 0 Å². The highest BCUT2D eigenvalue weighted by molar-refractivity contribution is 8.01. The van der Waals surface area contributed by atoms with E-state index in [1.165, 1.54) is 11.1 Å². The van der Waals surface area contributed by atoms with Gasteiger partial charge in [0.25, 0.3) is 0 Å². The molecule has 0 amide bonds. The van der Waals surface area contributed by atoms with Gasteiger partial charge in [0, 0.05) is 23.4 Å². The third-order valence-electron chi connectivity index (χ3n) is 2.71. The van der Waals surface area contributed by atoms with Crippen LogP contribution in [-0.2, 0) is 0 Å². The first-order chi connectivity index (χ1) is 8.79. The van der Waals surface area contributed by atoms with Gasteiger partial charge in [0.15, 0.2) is 0 Å². The predicted octanol–water partition coefficient (Wildman–Crippen LogP) is 3.89. The first-order valence-corrected chi connectivity index (χ1v) is 7.98. The number of aromatic nitrogens is 1. The van der Waals surface area contributed by atoms with Crippen LogP contribution in [0.25, 0.3) is 0 Å². The summed E-state index contributed by atoms with van der Waals surface area (Å²) >= 11 is 3.52. The molecule has 1 aromatic heterocycles. The molecule has 18 heavy (non-hydrogen) atoms. The lowest BCUT2D eigenvalue weighted by molar-refractivity contribution is 0.606. The van der Waals surface area contributed by atoms with E-state index in [1.807, 2.05) is 23.3 Å². The maximum atomic E-state index is 4.31. The number of nitrogens with one attached hydrogen (secondary N) is 1. The molecule has 2 nitrogen and oxygen atoms in total. The van der Waals surface area contributed by atoms with Gasteiger partial charge in [0.1, 0.15) is 4.34 Å². The summed E-state index contributed by atoms with van der Waals surface area (Å²) in [7, 11) is 0. The Hall–Kier alpha value is -0.840. The van der Waals surface area contributed by atoms with E-state index in [9.17, 15) is 0 Å². The highest BCUT2D eigenvalue weighted by Crippen LogP contribution is 2.26. The molecule has 0 radical (unpaired) electrons. The first-order valence-electron chi connectivity index (χ1n) is 6.12. The second kappa shape index (κ2) is 6.92. The molecule has 1 unspecified atom stereocenters. The van der Waals surface area contributed by atoms with Crippen molar-refractivity contribution >= 4 is 23.1 Å². The van der Waals surface area contributed by atoms with Crippen molar-refractivity contribution in [1.29, 1.82) is 0 Å². The Bertz CT molecular complexity index is 451. The number of hydrogen-bond acceptors (Lipinski definition) is 4. The fourth-order valence-corrected chi connectivity index (χ4v) is 3.51. The van der Waals surface area contributed by atoms with Crippen LogP contribution in [0.4, 0.5) is 0 Å². The van der Waals surface area contributed by atoms with E-state index in [-0.39, 0.29) is 0 Å². The van der Waals surface area contributed by atoms with Crippen molar-refractivity contribution in [3.63, 3.8) is 0 Å². The summed E-state index contributed by atoms with van der Waals surface area (Å²) in [4.78, 5) is 4.31. The molecule has 4 heteroatoms. The summed E-state index contributed by atoms with van der Waals surface area (Å²) in [5.41, 5.74) is 2.66. The van der Waals surface area contributed by atoms with Crippen molar-refractivity contribution in [2.45, 2.75) is 24.2 Å². The highest BCUT2D eigenvalue weighted by atomic mass is 32.2. The quantitative estimate of drug-likeness (QED) is 0.811. The zero-order valence-corrected chi connectivity index (χ0v) is 12.4. The second-order valence-electron chi connectivity index (χ2n) is 4.13. The minimum atomic E-state index is 0.393. The average Bonchev–Trinajstić information content (AvgIpc) is 2.89. The Morgan fingerprint density at radius 3 is 2.72 bits per heavy atom. The van der Waals surface area contributed by atoms with Gasteiger partial charge in [0.05, 0.1) is 0 Å². The van der Waals surface area contributed by atoms with Gasteiger partial charge < -0.3 is 5.32 Å². The zero-order chi connectivity index (χ0) is 12.8. The van der Waals surface area contributed by atoms with E-state index in [1.54, 1.807) is 11.3 Å². The molecule has 0 aliphatic carbocycles. The van der Waals surface area contributed by atoms with Crippen molar-refractivity contribution in [2.75, 3.05) is 12.3 Å². The van der Waals surface area contributed by atoms with Crippen LogP contribution in [0.5, 0.6) is 0 Å². The minimum absolute atomic E-state index is 0.393. The van der Waals surface area contributed by atoms with Crippen molar-refractivity contribution < 1.29 is 0 Å². The van der Waals surface area contributed by atoms with E-state index in [0.29, 0.717) is 6.04 Å². The van der Waals surface area contributed by atoms with Gasteiger partial charge in [-0.2, -0.15) is 0 Å². The molecule has 0 fully saturated rings. The lowest BCUT2D eigenvalue weighted by Crippen LogP contribution is -2.22. The SMILES string of the molecule is CCNC(CSc1nccs1)c1ccc(C)cc1. The molecule has 0 spiro atoms. The standard InChI is InChI=1S/C14H18N2S2/c1-3-15-13(10-18-14-16-8-9-17-14)12-6-4-11(2)5-7-12/h4-9,13,15H,3,10H2,1-2H3. The third kappa shape index (κ3) is 3.83.